The molecule has 0 bridgehead atoms. The van der Waals surface area contributed by atoms with Crippen molar-refractivity contribution in [2.75, 3.05) is 0 Å². The van der Waals surface area contributed by atoms with Crippen LogP contribution in [-0.4, -0.2) is 6.21 Å². The average molecular weight is 165 g/mol. The summed E-state index contributed by atoms with van der Waals surface area (Å²) in [5.41, 5.74) is 3.11. The van der Waals surface area contributed by atoms with Crippen molar-refractivity contribution in [3.63, 3.8) is 0 Å². The van der Waals surface area contributed by atoms with E-state index in [4.69, 9.17) is 0 Å². The lowest BCUT2D eigenvalue weighted by Crippen LogP contribution is -2.11. The Balaban J connectivity index is 2.97. The first-order valence-corrected chi connectivity index (χ1v) is 4.69. The average Bonchev–Trinajstić information content (AvgIpc) is 2.30. The summed E-state index contributed by atoms with van der Waals surface area (Å²) in [6.07, 6.45) is 3.09. The van der Waals surface area contributed by atoms with Crippen LogP contribution in [0.3, 0.4) is 0 Å². The lowest BCUT2D eigenvalue weighted by Gasteiger charge is -2.22. The Morgan fingerprint density at radius 3 is 2.25 bits per heavy atom. The lowest BCUT2D eigenvalue weighted by molar-refractivity contribution is 0.486. The van der Waals surface area contributed by atoms with E-state index in [2.05, 4.69) is 39.6 Å². The second-order valence-corrected chi connectivity index (χ2v) is 4.78. The zero-order valence-corrected chi connectivity index (χ0v) is 8.81. The van der Waals surface area contributed by atoms with Gasteiger partial charge in [0.2, 0.25) is 0 Å². The molecule has 0 aromatic heterocycles. The topological polar surface area (TPSA) is 12.4 Å². The van der Waals surface area contributed by atoms with Crippen LogP contribution in [0.2, 0.25) is 0 Å². The monoisotopic (exact) mass is 165 g/mol. The quantitative estimate of drug-likeness (QED) is 0.564. The molecule has 0 amide bonds. The molecule has 0 saturated carbocycles. The number of allylic oxidation sites excluding steroid dienone is 2. The fraction of sp³-hybridized carbons (Fsp3) is 0.727. The minimum Gasteiger partial charge on any atom is -0.265 e. The van der Waals surface area contributed by atoms with Gasteiger partial charge in [-0.25, -0.2) is 0 Å². The maximum absolute atomic E-state index is 4.44. The molecule has 1 heteroatoms. The van der Waals surface area contributed by atoms with E-state index in [-0.39, 0.29) is 5.41 Å². The molecule has 0 aromatic carbocycles. The Morgan fingerprint density at radius 2 is 1.92 bits per heavy atom. The third-order valence-electron chi connectivity index (χ3n) is 2.29. The number of aliphatic imine (C=N–C) groups is 1. The molecule has 0 fully saturated rings. The van der Waals surface area contributed by atoms with Crippen molar-refractivity contribution in [2.45, 2.75) is 41.0 Å². The highest BCUT2D eigenvalue weighted by atomic mass is 14.8. The summed E-state index contributed by atoms with van der Waals surface area (Å²) in [7, 11) is 0. The smallest absolute Gasteiger partial charge is 0.0426 e. The molecule has 1 rings (SSSR count). The van der Waals surface area contributed by atoms with Gasteiger partial charge in [-0.2, -0.15) is 0 Å². The molecule has 12 heavy (non-hydrogen) atoms. The van der Waals surface area contributed by atoms with Gasteiger partial charge >= 0.3 is 0 Å². The lowest BCUT2D eigenvalue weighted by atomic mass is 9.82. The highest BCUT2D eigenvalue weighted by molar-refractivity contribution is 5.68. The molecule has 0 spiro atoms. The number of hydrogen-bond acceptors (Lipinski definition) is 1. The van der Waals surface area contributed by atoms with Crippen LogP contribution in [0.25, 0.3) is 0 Å². The fourth-order valence-electron chi connectivity index (χ4n) is 1.61. The summed E-state index contributed by atoms with van der Waals surface area (Å²) < 4.78 is 0. The van der Waals surface area contributed by atoms with E-state index in [1.807, 2.05) is 6.21 Å². The van der Waals surface area contributed by atoms with Gasteiger partial charge in [-0.1, -0.05) is 34.6 Å². The van der Waals surface area contributed by atoms with Gasteiger partial charge in [-0.05, 0) is 16.9 Å². The maximum atomic E-state index is 4.44. The number of nitrogens with zero attached hydrogens (tertiary/aromatic N) is 1. The first kappa shape index (κ1) is 9.50. The Bertz CT molecular complexity index is 226. The molecule has 0 atom stereocenters. The molecule has 0 aromatic rings. The van der Waals surface area contributed by atoms with Crippen LogP contribution in [-0.2, 0) is 0 Å². The van der Waals surface area contributed by atoms with Crippen LogP contribution in [0.4, 0.5) is 0 Å². The molecule has 0 saturated heterocycles. The van der Waals surface area contributed by atoms with Crippen LogP contribution in [0.5, 0.6) is 0 Å². The predicted octanol–water partition coefficient (Wildman–Crippen LogP) is 3.42. The van der Waals surface area contributed by atoms with Crippen LogP contribution < -0.4 is 0 Å². The SMILES string of the molecule is CC(C)C1=C(C(C)(C)C)CC=N1. The van der Waals surface area contributed by atoms with E-state index >= 15 is 0 Å². The van der Waals surface area contributed by atoms with Gasteiger partial charge < -0.3 is 0 Å². The Morgan fingerprint density at radius 1 is 1.33 bits per heavy atom. The van der Waals surface area contributed by atoms with Crippen molar-refractivity contribution < 1.29 is 0 Å². The van der Waals surface area contributed by atoms with Crippen molar-refractivity contribution in [1.82, 2.24) is 0 Å². The van der Waals surface area contributed by atoms with Gasteiger partial charge in [-0.3, -0.25) is 4.99 Å². The fourth-order valence-corrected chi connectivity index (χ4v) is 1.61. The molecular formula is C11H19N. The van der Waals surface area contributed by atoms with Crippen LogP contribution in [0, 0.1) is 11.3 Å². The van der Waals surface area contributed by atoms with E-state index in [0.29, 0.717) is 5.92 Å². The van der Waals surface area contributed by atoms with Gasteiger partial charge in [0.1, 0.15) is 0 Å². The third-order valence-corrected chi connectivity index (χ3v) is 2.29. The van der Waals surface area contributed by atoms with Crippen molar-refractivity contribution in [1.29, 1.82) is 0 Å². The standard InChI is InChI=1S/C11H19N/c1-8(2)10-9(6-7-12-10)11(3,4)5/h7-8H,6H2,1-5H3. The van der Waals surface area contributed by atoms with Crippen molar-refractivity contribution in [3.05, 3.63) is 11.3 Å². The van der Waals surface area contributed by atoms with E-state index in [1.165, 1.54) is 11.3 Å². The molecule has 0 unspecified atom stereocenters. The van der Waals surface area contributed by atoms with E-state index < -0.39 is 0 Å². The molecule has 1 nitrogen and oxygen atoms in total. The van der Waals surface area contributed by atoms with Crippen LogP contribution in [0.15, 0.2) is 16.3 Å². The van der Waals surface area contributed by atoms with Gasteiger partial charge in [0.15, 0.2) is 0 Å². The molecule has 0 N–H and O–H groups in total. The summed E-state index contributed by atoms with van der Waals surface area (Å²) in [4.78, 5) is 4.44. The third kappa shape index (κ3) is 1.77. The Labute approximate surface area is 75.6 Å². The summed E-state index contributed by atoms with van der Waals surface area (Å²) in [6.45, 7) is 11.2. The maximum Gasteiger partial charge on any atom is 0.0426 e. The summed E-state index contributed by atoms with van der Waals surface area (Å²) in [6, 6.07) is 0. The van der Waals surface area contributed by atoms with Crippen molar-refractivity contribution in [2.24, 2.45) is 16.3 Å². The summed E-state index contributed by atoms with van der Waals surface area (Å²) in [5.74, 6) is 0.568. The zero-order chi connectivity index (χ0) is 9.35. The second-order valence-electron chi connectivity index (χ2n) is 4.78. The highest BCUT2D eigenvalue weighted by Crippen LogP contribution is 2.36. The van der Waals surface area contributed by atoms with Crippen molar-refractivity contribution >= 4 is 6.21 Å². The molecule has 0 aliphatic carbocycles. The molecule has 68 valence electrons. The molecular weight excluding hydrogens is 146 g/mol. The predicted molar refractivity (Wildman–Crippen MR) is 54.4 cm³/mol. The minimum atomic E-state index is 0.288. The van der Waals surface area contributed by atoms with Crippen molar-refractivity contribution in [3.8, 4) is 0 Å². The van der Waals surface area contributed by atoms with Gasteiger partial charge in [0.25, 0.3) is 0 Å². The minimum absolute atomic E-state index is 0.288. The molecule has 1 heterocycles. The van der Waals surface area contributed by atoms with E-state index in [1.54, 1.807) is 0 Å². The molecule has 1 aliphatic rings. The normalized spacial score (nSPS) is 18.2. The van der Waals surface area contributed by atoms with E-state index in [9.17, 15) is 0 Å². The molecule has 0 radical (unpaired) electrons. The summed E-state index contributed by atoms with van der Waals surface area (Å²) >= 11 is 0. The van der Waals surface area contributed by atoms with Gasteiger partial charge in [-0.15, -0.1) is 0 Å². The second kappa shape index (κ2) is 3.04. The first-order chi connectivity index (χ1) is 5.43. The number of hydrogen-bond donors (Lipinski definition) is 0. The zero-order valence-electron chi connectivity index (χ0n) is 8.81. The van der Waals surface area contributed by atoms with Gasteiger partial charge in [0, 0.05) is 18.3 Å². The largest absolute Gasteiger partial charge is 0.265 e. The first-order valence-electron chi connectivity index (χ1n) is 4.69. The van der Waals surface area contributed by atoms with E-state index in [0.717, 1.165) is 6.42 Å². The Kier molecular flexibility index (Phi) is 2.41. The van der Waals surface area contributed by atoms with Gasteiger partial charge in [0.05, 0.1) is 0 Å². The Hall–Kier alpha value is -0.590. The highest BCUT2D eigenvalue weighted by Gasteiger charge is 2.24. The summed E-state index contributed by atoms with van der Waals surface area (Å²) in [5, 5.41) is 0. The number of rotatable bonds is 1. The van der Waals surface area contributed by atoms with Crippen LogP contribution in [0.1, 0.15) is 41.0 Å². The van der Waals surface area contributed by atoms with Crippen LogP contribution >= 0.6 is 0 Å². The molecule has 1 aliphatic heterocycles.